The van der Waals surface area contributed by atoms with Crippen LogP contribution in [0.25, 0.3) is 11.1 Å². The molecule has 168 valence electrons. The number of phenolic OH excluding ortho intramolecular Hbond substituents is 1. The molecule has 2 rings (SSSR count). The molecule has 0 saturated carbocycles. The molecular formula is C22H25FO8. The summed E-state index contributed by atoms with van der Waals surface area (Å²) in [6.07, 6.45) is 0.430. The fraction of sp³-hybridized carbons (Fsp3) is 0.364. The Hall–Kier alpha value is -3.01. The summed E-state index contributed by atoms with van der Waals surface area (Å²) >= 11 is 0. The molecule has 2 aromatic rings. The van der Waals surface area contributed by atoms with Crippen LogP contribution in [0.5, 0.6) is 11.5 Å². The number of esters is 1. The molecule has 0 heterocycles. The summed E-state index contributed by atoms with van der Waals surface area (Å²) in [5.74, 6) is -1.46. The van der Waals surface area contributed by atoms with Crippen LogP contribution in [-0.4, -0.2) is 65.8 Å². The Morgan fingerprint density at radius 3 is 2.26 bits per heavy atom. The van der Waals surface area contributed by atoms with E-state index in [4.69, 9.17) is 23.7 Å². The van der Waals surface area contributed by atoms with Crippen LogP contribution in [-0.2, 0) is 29.2 Å². The fourth-order valence-corrected chi connectivity index (χ4v) is 3.32. The van der Waals surface area contributed by atoms with Gasteiger partial charge in [-0.25, -0.2) is 4.39 Å². The van der Waals surface area contributed by atoms with E-state index < -0.39 is 23.0 Å². The molecule has 31 heavy (non-hydrogen) atoms. The second-order valence-electron chi connectivity index (χ2n) is 6.71. The maximum atomic E-state index is 14.1. The van der Waals surface area contributed by atoms with E-state index in [0.717, 1.165) is 6.07 Å². The summed E-state index contributed by atoms with van der Waals surface area (Å²) in [7, 11) is 5.44. The summed E-state index contributed by atoms with van der Waals surface area (Å²) in [6, 6.07) is 6.49. The number of carbonyl (C=O) groups is 2. The first-order valence-electron chi connectivity index (χ1n) is 9.19. The molecular weight excluding hydrogens is 411 g/mol. The smallest absolute Gasteiger partial charge is 0.321 e. The molecule has 0 aromatic heterocycles. The number of hydrogen-bond acceptors (Lipinski definition) is 8. The number of aldehydes is 1. The van der Waals surface area contributed by atoms with Crippen LogP contribution in [0.2, 0.25) is 0 Å². The normalized spacial score (nSPS) is 11.3. The Kier molecular flexibility index (Phi) is 8.49. The van der Waals surface area contributed by atoms with Crippen LogP contribution in [0.1, 0.15) is 15.9 Å². The van der Waals surface area contributed by atoms with E-state index in [0.29, 0.717) is 6.29 Å². The lowest BCUT2D eigenvalue weighted by atomic mass is 9.79. The van der Waals surface area contributed by atoms with E-state index in [9.17, 15) is 19.1 Å². The quantitative estimate of drug-likeness (QED) is 0.326. The molecule has 0 radical (unpaired) electrons. The molecule has 0 aliphatic heterocycles. The Balaban J connectivity index is 2.83. The topological polar surface area (TPSA) is 101 Å². The van der Waals surface area contributed by atoms with Gasteiger partial charge in [-0.15, -0.1) is 0 Å². The van der Waals surface area contributed by atoms with Crippen LogP contribution in [0, 0.1) is 5.82 Å². The molecule has 0 unspecified atom stereocenters. The van der Waals surface area contributed by atoms with Gasteiger partial charge in [0.2, 0.25) is 0 Å². The molecule has 0 atom stereocenters. The van der Waals surface area contributed by atoms with Gasteiger partial charge in [0, 0.05) is 32.5 Å². The van der Waals surface area contributed by atoms with Gasteiger partial charge in [0.15, 0.2) is 13.1 Å². The van der Waals surface area contributed by atoms with Crippen molar-refractivity contribution in [1.29, 1.82) is 0 Å². The van der Waals surface area contributed by atoms with Crippen molar-refractivity contribution in [2.24, 2.45) is 0 Å². The van der Waals surface area contributed by atoms with Crippen molar-refractivity contribution in [3.05, 3.63) is 47.3 Å². The molecule has 0 bridgehead atoms. The Labute approximate surface area is 179 Å². The van der Waals surface area contributed by atoms with Crippen LogP contribution in [0.15, 0.2) is 30.3 Å². The standard InChI is InChI=1S/C22H25FO8/c1-27-11-22(12-28-2,21(26)30-4)15-7-14(10-24)20(25)18(8-15)17-9-16(23)5-6-19(17)31-13-29-3/h5-10,25H,11-13H2,1-4H3. The van der Waals surface area contributed by atoms with E-state index in [2.05, 4.69) is 0 Å². The largest absolute Gasteiger partial charge is 0.507 e. The first-order valence-corrected chi connectivity index (χ1v) is 9.19. The molecule has 2 aromatic carbocycles. The molecule has 0 aliphatic carbocycles. The van der Waals surface area contributed by atoms with Gasteiger partial charge < -0.3 is 28.8 Å². The van der Waals surface area contributed by atoms with Gasteiger partial charge in [0.1, 0.15) is 22.7 Å². The minimum absolute atomic E-state index is 0.0747. The van der Waals surface area contributed by atoms with Crippen molar-refractivity contribution in [1.82, 2.24) is 0 Å². The maximum Gasteiger partial charge on any atom is 0.321 e. The number of aromatic hydroxyl groups is 1. The first-order chi connectivity index (χ1) is 14.9. The maximum absolute atomic E-state index is 14.1. The van der Waals surface area contributed by atoms with E-state index in [1.807, 2.05) is 0 Å². The van der Waals surface area contributed by atoms with Gasteiger partial charge in [-0.1, -0.05) is 0 Å². The number of benzene rings is 2. The summed E-state index contributed by atoms with van der Waals surface area (Å²) in [5, 5.41) is 10.7. The van der Waals surface area contributed by atoms with Gasteiger partial charge in [0.25, 0.3) is 0 Å². The van der Waals surface area contributed by atoms with Crippen LogP contribution in [0.3, 0.4) is 0 Å². The van der Waals surface area contributed by atoms with Crippen molar-refractivity contribution in [2.45, 2.75) is 5.41 Å². The third-order valence-electron chi connectivity index (χ3n) is 4.74. The van der Waals surface area contributed by atoms with Crippen LogP contribution < -0.4 is 4.74 Å². The predicted molar refractivity (Wildman–Crippen MR) is 109 cm³/mol. The number of hydrogen-bond donors (Lipinski definition) is 1. The molecule has 0 saturated heterocycles. The molecule has 1 N–H and O–H groups in total. The third-order valence-corrected chi connectivity index (χ3v) is 4.74. The molecule has 0 fully saturated rings. The van der Waals surface area contributed by atoms with E-state index in [1.165, 1.54) is 52.7 Å². The highest BCUT2D eigenvalue weighted by Crippen LogP contribution is 2.41. The Bertz CT molecular complexity index is 922. The minimum atomic E-state index is -1.45. The third kappa shape index (κ3) is 5.01. The van der Waals surface area contributed by atoms with Gasteiger partial charge in [-0.3, -0.25) is 9.59 Å². The zero-order valence-corrected chi connectivity index (χ0v) is 17.8. The molecule has 8 nitrogen and oxygen atoms in total. The van der Waals surface area contributed by atoms with Gasteiger partial charge in [-0.2, -0.15) is 0 Å². The highest BCUT2D eigenvalue weighted by Gasteiger charge is 2.43. The molecule has 0 spiro atoms. The van der Waals surface area contributed by atoms with Crippen LogP contribution >= 0.6 is 0 Å². The second-order valence-corrected chi connectivity index (χ2v) is 6.71. The summed E-state index contributed by atoms with van der Waals surface area (Å²) < 4.78 is 39.9. The van der Waals surface area contributed by atoms with Crippen molar-refractivity contribution < 1.29 is 42.8 Å². The van der Waals surface area contributed by atoms with Gasteiger partial charge in [0.05, 0.1) is 25.9 Å². The van der Waals surface area contributed by atoms with Gasteiger partial charge in [-0.05, 0) is 35.9 Å². The Morgan fingerprint density at radius 1 is 1.03 bits per heavy atom. The monoisotopic (exact) mass is 436 g/mol. The Morgan fingerprint density at radius 2 is 1.71 bits per heavy atom. The van der Waals surface area contributed by atoms with Crippen molar-refractivity contribution in [2.75, 3.05) is 48.4 Å². The zero-order valence-electron chi connectivity index (χ0n) is 17.8. The van der Waals surface area contributed by atoms with Crippen molar-refractivity contribution in [3.63, 3.8) is 0 Å². The lowest BCUT2D eigenvalue weighted by Gasteiger charge is -2.31. The highest BCUT2D eigenvalue weighted by atomic mass is 19.1. The van der Waals surface area contributed by atoms with Crippen LogP contribution in [0.4, 0.5) is 4.39 Å². The SMILES string of the molecule is COCOc1ccc(F)cc1-c1cc(C(COC)(COC)C(=O)OC)cc(C=O)c1O. The van der Waals surface area contributed by atoms with E-state index in [-0.39, 0.29) is 48.0 Å². The average molecular weight is 436 g/mol. The number of rotatable bonds is 11. The second kappa shape index (κ2) is 10.9. The molecule has 0 amide bonds. The predicted octanol–water partition coefficient (Wildman–Crippen LogP) is 2.70. The first kappa shape index (κ1) is 24.3. The molecule has 9 heteroatoms. The van der Waals surface area contributed by atoms with Crippen molar-refractivity contribution in [3.8, 4) is 22.6 Å². The minimum Gasteiger partial charge on any atom is -0.507 e. The van der Waals surface area contributed by atoms with Crippen molar-refractivity contribution >= 4 is 12.3 Å². The summed E-state index contributed by atoms with van der Waals surface area (Å²) in [5.41, 5.74) is -1.05. The zero-order chi connectivity index (χ0) is 23.0. The number of carbonyl (C=O) groups excluding carboxylic acids is 2. The summed E-state index contributed by atoms with van der Waals surface area (Å²) in [4.78, 5) is 24.5. The fourth-order valence-electron chi connectivity index (χ4n) is 3.32. The number of phenols is 1. The van der Waals surface area contributed by atoms with E-state index >= 15 is 0 Å². The number of halogens is 1. The number of ether oxygens (including phenoxy) is 5. The number of methoxy groups -OCH3 is 4. The molecule has 0 aliphatic rings. The van der Waals surface area contributed by atoms with Gasteiger partial charge >= 0.3 is 5.97 Å². The highest BCUT2D eigenvalue weighted by molar-refractivity contribution is 5.91. The lowest BCUT2D eigenvalue weighted by Crippen LogP contribution is -2.45. The lowest BCUT2D eigenvalue weighted by molar-refractivity contribution is -0.152. The average Bonchev–Trinajstić information content (AvgIpc) is 2.77. The summed E-state index contributed by atoms with van der Waals surface area (Å²) in [6.45, 7) is -0.391. The van der Waals surface area contributed by atoms with E-state index in [1.54, 1.807) is 0 Å².